The van der Waals surface area contributed by atoms with E-state index in [1.54, 1.807) is 0 Å². The van der Waals surface area contributed by atoms with Crippen molar-refractivity contribution in [1.82, 2.24) is 0 Å². The second-order valence-corrected chi connectivity index (χ2v) is 3.61. The molecular weight excluding hydrogens is 324 g/mol. The van der Waals surface area contributed by atoms with Gasteiger partial charge in [-0.2, -0.15) is 39.5 Å². The first kappa shape index (κ1) is 18.9. The number of hydrogen-bond donors (Lipinski definition) is 0. The highest BCUT2D eigenvalue weighted by atomic mass is 19.4. The minimum Gasteiger partial charge on any atom is -0.223 e. The second kappa shape index (κ2) is 5.02. The summed E-state index contributed by atoms with van der Waals surface area (Å²) < 4.78 is 144. The molecule has 0 nitrogen and oxygen atoms in total. The number of hydrogen-bond acceptors (Lipinski definition) is 0. The molecule has 0 spiro atoms. The largest absolute Gasteiger partial charge is 0.431 e. The van der Waals surface area contributed by atoms with Gasteiger partial charge in [-0.05, 0) is 6.08 Å². The Kier molecular flexibility index (Phi) is 4.75. The maximum absolute atomic E-state index is 12.9. The van der Waals surface area contributed by atoms with Crippen molar-refractivity contribution >= 4 is 0 Å². The van der Waals surface area contributed by atoms with Gasteiger partial charge in [0, 0.05) is 6.08 Å². The average molecular weight is 328 g/mol. The van der Waals surface area contributed by atoms with E-state index in [4.69, 9.17) is 0 Å². The van der Waals surface area contributed by atoms with Gasteiger partial charge in [0.15, 0.2) is 0 Å². The van der Waals surface area contributed by atoms with E-state index in [0.29, 0.717) is 0 Å². The summed E-state index contributed by atoms with van der Waals surface area (Å²) in [7, 11) is 0. The smallest absolute Gasteiger partial charge is 0.223 e. The van der Waals surface area contributed by atoms with E-state index in [-0.39, 0.29) is 0 Å². The van der Waals surface area contributed by atoms with Crippen molar-refractivity contribution in [2.45, 2.75) is 36.5 Å². The Balaban J connectivity index is 5.46. The Bertz CT molecular complexity index is 339. The van der Waals surface area contributed by atoms with Crippen LogP contribution in [0.5, 0.6) is 0 Å². The maximum atomic E-state index is 12.9. The van der Waals surface area contributed by atoms with Gasteiger partial charge in [-0.1, -0.05) is 0 Å². The zero-order valence-corrected chi connectivity index (χ0v) is 8.90. The highest BCUT2D eigenvalue weighted by Crippen LogP contribution is 2.51. The van der Waals surface area contributed by atoms with Gasteiger partial charge in [0.2, 0.25) is 0 Å². The van der Waals surface area contributed by atoms with Crippen molar-refractivity contribution < 1.29 is 52.7 Å². The molecule has 0 fully saturated rings. The van der Waals surface area contributed by atoms with Gasteiger partial charge in [-0.15, -0.1) is 0 Å². The van der Waals surface area contributed by atoms with Crippen molar-refractivity contribution in [2.24, 2.45) is 0 Å². The summed E-state index contributed by atoms with van der Waals surface area (Å²) in [4.78, 5) is 0. The van der Waals surface area contributed by atoms with Gasteiger partial charge in [-0.3, -0.25) is 0 Å². The summed E-state index contributed by atoms with van der Waals surface area (Å²) in [6.45, 7) is 0. The van der Waals surface area contributed by atoms with Gasteiger partial charge in [0.05, 0.1) is 6.42 Å². The average Bonchev–Trinajstić information content (AvgIpc) is 2.09. The van der Waals surface area contributed by atoms with Crippen LogP contribution in [0.4, 0.5) is 52.7 Å². The van der Waals surface area contributed by atoms with Crippen LogP contribution in [-0.4, -0.2) is 30.1 Å². The first-order chi connectivity index (χ1) is 8.41. The van der Waals surface area contributed by atoms with Crippen LogP contribution < -0.4 is 0 Å². The van der Waals surface area contributed by atoms with E-state index in [0.717, 1.165) is 0 Å². The van der Waals surface area contributed by atoms with Crippen LogP contribution in [0.1, 0.15) is 6.42 Å². The fraction of sp³-hybridized carbons (Fsp3) is 0.750. The van der Waals surface area contributed by atoms with Crippen molar-refractivity contribution in [3.63, 3.8) is 0 Å². The first-order valence-corrected chi connectivity index (χ1v) is 4.39. The monoisotopic (exact) mass is 328 g/mol. The topological polar surface area (TPSA) is 0 Å². The molecule has 120 valence electrons. The fourth-order valence-electron chi connectivity index (χ4n) is 0.961. The SMILES string of the molecule is FC(F)(F)/C=C/C(F)(F)CC(F)(C(F)(F)F)C(F)(F)F. The third kappa shape index (κ3) is 4.78. The molecule has 0 heterocycles. The number of alkyl halides is 12. The summed E-state index contributed by atoms with van der Waals surface area (Å²) in [5.41, 5.74) is -6.33. The number of allylic oxidation sites excluding steroid dienone is 2. The molecule has 0 aliphatic rings. The van der Waals surface area contributed by atoms with Gasteiger partial charge in [-0.25, -0.2) is 13.2 Å². The lowest BCUT2D eigenvalue weighted by atomic mass is 9.95. The molecule has 0 aliphatic heterocycles. The van der Waals surface area contributed by atoms with Crippen LogP contribution in [-0.2, 0) is 0 Å². The Morgan fingerprint density at radius 1 is 0.550 bits per heavy atom. The lowest BCUT2D eigenvalue weighted by Gasteiger charge is -2.31. The molecule has 0 saturated carbocycles. The van der Waals surface area contributed by atoms with E-state index in [1.165, 1.54) is 0 Å². The van der Waals surface area contributed by atoms with E-state index in [9.17, 15) is 52.7 Å². The molecule has 0 N–H and O–H groups in total. The second-order valence-electron chi connectivity index (χ2n) is 3.61. The Morgan fingerprint density at radius 3 is 1.15 bits per heavy atom. The van der Waals surface area contributed by atoms with Crippen LogP contribution in [0.2, 0.25) is 0 Å². The van der Waals surface area contributed by atoms with Crippen LogP contribution >= 0.6 is 0 Å². The number of rotatable bonds is 3. The summed E-state index contributed by atoms with van der Waals surface area (Å²) in [5.74, 6) is -5.31. The van der Waals surface area contributed by atoms with Crippen LogP contribution in [0.25, 0.3) is 0 Å². The molecule has 0 amide bonds. The highest BCUT2D eigenvalue weighted by molar-refractivity contribution is 5.06. The predicted molar refractivity (Wildman–Crippen MR) is 40.7 cm³/mol. The lowest BCUT2D eigenvalue weighted by Crippen LogP contribution is -2.55. The van der Waals surface area contributed by atoms with Crippen molar-refractivity contribution in [2.75, 3.05) is 0 Å². The predicted octanol–water partition coefficient (Wildman–Crippen LogP) is 4.96. The molecule has 0 aromatic heterocycles. The number of halogens is 12. The van der Waals surface area contributed by atoms with Crippen LogP contribution in [0.3, 0.4) is 0 Å². The quantitative estimate of drug-likeness (QED) is 0.507. The molecule has 12 heteroatoms. The van der Waals surface area contributed by atoms with Gasteiger partial charge in [0.25, 0.3) is 5.92 Å². The van der Waals surface area contributed by atoms with E-state index >= 15 is 0 Å². The highest BCUT2D eigenvalue weighted by Gasteiger charge is 2.74. The van der Waals surface area contributed by atoms with Gasteiger partial charge in [0.1, 0.15) is 0 Å². The van der Waals surface area contributed by atoms with Crippen molar-refractivity contribution in [3.05, 3.63) is 12.2 Å². The minimum atomic E-state index is -6.76. The van der Waals surface area contributed by atoms with E-state index < -0.39 is 48.7 Å². The fourth-order valence-corrected chi connectivity index (χ4v) is 0.961. The Hall–Kier alpha value is -1.10. The van der Waals surface area contributed by atoms with Gasteiger partial charge >= 0.3 is 24.2 Å². The molecular formula is C8H4F12. The molecule has 20 heavy (non-hydrogen) atoms. The van der Waals surface area contributed by atoms with Crippen LogP contribution in [0, 0.1) is 0 Å². The molecule has 0 unspecified atom stereocenters. The third-order valence-electron chi connectivity index (χ3n) is 1.89. The summed E-state index contributed by atoms with van der Waals surface area (Å²) in [6, 6.07) is 0. The zero-order valence-electron chi connectivity index (χ0n) is 8.90. The Labute approximate surface area is 103 Å². The molecule has 0 aromatic carbocycles. The zero-order chi connectivity index (χ0) is 16.6. The molecule has 0 aliphatic carbocycles. The van der Waals surface area contributed by atoms with Crippen molar-refractivity contribution in [3.8, 4) is 0 Å². The third-order valence-corrected chi connectivity index (χ3v) is 1.89. The first-order valence-electron chi connectivity index (χ1n) is 4.39. The maximum Gasteiger partial charge on any atom is 0.431 e. The summed E-state index contributed by atoms with van der Waals surface area (Å²) in [6.07, 6.45) is -25.0. The molecule has 0 aromatic rings. The summed E-state index contributed by atoms with van der Waals surface area (Å²) in [5, 5.41) is 0. The normalized spacial score (nSPS) is 16.0. The molecule has 0 rings (SSSR count). The molecule has 0 radical (unpaired) electrons. The van der Waals surface area contributed by atoms with E-state index in [2.05, 4.69) is 0 Å². The molecule has 0 bridgehead atoms. The summed E-state index contributed by atoms with van der Waals surface area (Å²) >= 11 is 0. The van der Waals surface area contributed by atoms with Crippen LogP contribution in [0.15, 0.2) is 12.2 Å². The van der Waals surface area contributed by atoms with E-state index in [1.807, 2.05) is 0 Å². The Morgan fingerprint density at radius 2 is 0.900 bits per heavy atom. The molecule has 0 atom stereocenters. The molecule has 0 saturated heterocycles. The van der Waals surface area contributed by atoms with Crippen molar-refractivity contribution in [1.29, 1.82) is 0 Å². The van der Waals surface area contributed by atoms with Gasteiger partial charge < -0.3 is 0 Å². The minimum absolute atomic E-state index is 1.27. The standard InChI is InChI=1S/C8H4F12/c9-4(10,1-2-6(12,13)14)3-5(11,7(15,16)17)8(18,19)20/h1-2H,3H2/b2-1+. The lowest BCUT2D eigenvalue weighted by molar-refractivity contribution is -0.352.